The molecule has 2 heterocycles. The van der Waals surface area contributed by atoms with Crippen LogP contribution < -0.4 is 5.32 Å². The molecule has 0 spiro atoms. The number of nitrogens with one attached hydrogen (secondary N) is 1. The summed E-state index contributed by atoms with van der Waals surface area (Å²) in [5, 5.41) is 2.92. The zero-order valence-corrected chi connectivity index (χ0v) is 14.6. The van der Waals surface area contributed by atoms with E-state index in [9.17, 15) is 4.79 Å². The summed E-state index contributed by atoms with van der Waals surface area (Å²) in [6, 6.07) is 14.2. The van der Waals surface area contributed by atoms with E-state index in [1.807, 2.05) is 24.3 Å². The Morgan fingerprint density at radius 2 is 1.88 bits per heavy atom. The predicted octanol–water partition coefficient (Wildman–Crippen LogP) is 3.88. The van der Waals surface area contributed by atoms with E-state index in [2.05, 4.69) is 42.3 Å². The molecule has 25 heavy (non-hydrogen) atoms. The van der Waals surface area contributed by atoms with Crippen LogP contribution in [0, 0.1) is 0 Å². The molecule has 2 aromatic rings. The molecular formula is C21H22N2O2. The Bertz CT molecular complexity index is 866. The lowest BCUT2D eigenvalue weighted by Gasteiger charge is -2.18. The molecule has 4 rings (SSSR count). The summed E-state index contributed by atoms with van der Waals surface area (Å²) in [6.07, 6.45) is 0. The Morgan fingerprint density at radius 3 is 2.68 bits per heavy atom. The van der Waals surface area contributed by atoms with Gasteiger partial charge in [-0.25, -0.2) is 0 Å². The number of fused-ring (bicyclic) bond motifs is 2. The van der Waals surface area contributed by atoms with Gasteiger partial charge in [0.1, 0.15) is 12.4 Å². The van der Waals surface area contributed by atoms with Crippen molar-refractivity contribution in [2.75, 3.05) is 18.4 Å². The van der Waals surface area contributed by atoms with Crippen molar-refractivity contribution in [3.8, 4) is 0 Å². The molecule has 1 amide bonds. The molecule has 128 valence electrons. The van der Waals surface area contributed by atoms with Gasteiger partial charge in [-0.1, -0.05) is 50.2 Å². The van der Waals surface area contributed by atoms with Crippen LogP contribution in [0.4, 0.5) is 5.69 Å². The summed E-state index contributed by atoms with van der Waals surface area (Å²) in [5.74, 6) is 0.614. The van der Waals surface area contributed by atoms with Gasteiger partial charge in [-0.3, -0.25) is 9.69 Å². The van der Waals surface area contributed by atoms with Crippen LogP contribution in [0.2, 0.25) is 0 Å². The number of nitrogens with zero attached hydrogens (tertiary/aromatic N) is 1. The third-order valence-corrected chi connectivity index (χ3v) is 4.99. The van der Waals surface area contributed by atoms with Gasteiger partial charge in [0.25, 0.3) is 5.91 Å². The van der Waals surface area contributed by atoms with Crippen molar-refractivity contribution >= 4 is 22.9 Å². The summed E-state index contributed by atoms with van der Waals surface area (Å²) >= 11 is 0. The minimum Gasteiger partial charge on any atom is -0.487 e. The van der Waals surface area contributed by atoms with E-state index in [4.69, 9.17) is 4.74 Å². The van der Waals surface area contributed by atoms with Gasteiger partial charge < -0.3 is 10.1 Å². The van der Waals surface area contributed by atoms with Crippen LogP contribution in [-0.2, 0) is 22.7 Å². The number of carbonyl (C=O) groups is 1. The topological polar surface area (TPSA) is 41.6 Å². The smallest absolute Gasteiger partial charge is 0.260 e. The molecule has 0 unspecified atom stereocenters. The van der Waals surface area contributed by atoms with Gasteiger partial charge >= 0.3 is 0 Å². The van der Waals surface area contributed by atoms with Crippen LogP contribution >= 0.6 is 0 Å². The summed E-state index contributed by atoms with van der Waals surface area (Å²) < 4.78 is 5.95. The lowest BCUT2D eigenvalue weighted by Crippen LogP contribution is -2.22. The number of para-hydroxylation sites is 1. The quantitative estimate of drug-likeness (QED) is 0.863. The number of rotatable bonds is 4. The van der Waals surface area contributed by atoms with E-state index in [-0.39, 0.29) is 5.91 Å². The van der Waals surface area contributed by atoms with E-state index in [0.717, 1.165) is 42.0 Å². The Labute approximate surface area is 148 Å². The number of benzene rings is 2. The summed E-state index contributed by atoms with van der Waals surface area (Å²) in [4.78, 5) is 14.8. The standard InChI is InChI=1S/C21H22N2O2/c1-3-23(4-2)12-14-9-10-16-15(11-14)13-25-20(16)19-17-7-5-6-8-18(17)22-21(19)24/h5-11H,3-4,12-13H2,1-2H3,(H,22,24). The van der Waals surface area contributed by atoms with E-state index in [1.165, 1.54) is 5.56 Å². The fraction of sp³-hybridized carbons (Fsp3) is 0.286. The molecule has 4 nitrogen and oxygen atoms in total. The zero-order valence-electron chi connectivity index (χ0n) is 14.6. The van der Waals surface area contributed by atoms with Crippen LogP contribution in [0.25, 0.3) is 11.3 Å². The van der Waals surface area contributed by atoms with Crippen molar-refractivity contribution in [1.29, 1.82) is 0 Å². The second kappa shape index (κ2) is 6.37. The van der Waals surface area contributed by atoms with Gasteiger partial charge in [-0.2, -0.15) is 0 Å². The third-order valence-electron chi connectivity index (χ3n) is 4.99. The molecule has 2 aliphatic rings. The molecule has 0 aromatic heterocycles. The highest BCUT2D eigenvalue weighted by atomic mass is 16.5. The molecule has 0 radical (unpaired) electrons. The van der Waals surface area contributed by atoms with Crippen LogP contribution in [0.15, 0.2) is 42.5 Å². The maximum Gasteiger partial charge on any atom is 0.260 e. The Balaban J connectivity index is 1.72. The number of carbonyl (C=O) groups excluding carboxylic acids is 1. The van der Waals surface area contributed by atoms with Gasteiger partial charge in [0.05, 0.1) is 5.57 Å². The van der Waals surface area contributed by atoms with Crippen LogP contribution in [0.1, 0.15) is 36.1 Å². The first-order valence-electron chi connectivity index (χ1n) is 8.83. The average Bonchev–Trinajstić information content (AvgIpc) is 3.18. The van der Waals surface area contributed by atoms with Crippen LogP contribution in [0.3, 0.4) is 0 Å². The number of hydrogen-bond acceptors (Lipinski definition) is 3. The third kappa shape index (κ3) is 2.72. The van der Waals surface area contributed by atoms with Crippen molar-refractivity contribution in [2.45, 2.75) is 27.0 Å². The van der Waals surface area contributed by atoms with Crippen LogP contribution in [0.5, 0.6) is 0 Å². The van der Waals surface area contributed by atoms with Gasteiger partial charge in [-0.15, -0.1) is 0 Å². The zero-order chi connectivity index (χ0) is 17.4. The monoisotopic (exact) mass is 334 g/mol. The fourth-order valence-electron chi connectivity index (χ4n) is 3.57. The Morgan fingerprint density at radius 1 is 1.08 bits per heavy atom. The molecule has 2 aliphatic heterocycles. The fourth-order valence-corrected chi connectivity index (χ4v) is 3.57. The first-order chi connectivity index (χ1) is 12.2. The normalized spacial score (nSPS) is 18.1. The van der Waals surface area contributed by atoms with Gasteiger partial charge in [0.2, 0.25) is 0 Å². The number of anilines is 1. The molecule has 0 fully saturated rings. The van der Waals surface area contributed by atoms with E-state index in [1.54, 1.807) is 0 Å². The number of hydrogen-bond donors (Lipinski definition) is 1. The van der Waals surface area contributed by atoms with Crippen LogP contribution in [-0.4, -0.2) is 23.9 Å². The highest BCUT2D eigenvalue weighted by Crippen LogP contribution is 2.41. The summed E-state index contributed by atoms with van der Waals surface area (Å²) in [5.41, 5.74) is 5.89. The highest BCUT2D eigenvalue weighted by molar-refractivity contribution is 6.36. The van der Waals surface area contributed by atoms with Crippen molar-refractivity contribution in [3.63, 3.8) is 0 Å². The maximum atomic E-state index is 12.5. The minimum absolute atomic E-state index is 0.0868. The van der Waals surface area contributed by atoms with E-state index in [0.29, 0.717) is 17.9 Å². The molecule has 0 saturated carbocycles. The molecule has 2 aromatic carbocycles. The largest absolute Gasteiger partial charge is 0.487 e. The lowest BCUT2D eigenvalue weighted by atomic mass is 9.99. The first kappa shape index (κ1) is 15.9. The second-order valence-corrected chi connectivity index (χ2v) is 6.45. The lowest BCUT2D eigenvalue weighted by molar-refractivity contribution is -0.110. The van der Waals surface area contributed by atoms with Gasteiger partial charge in [0.15, 0.2) is 0 Å². The van der Waals surface area contributed by atoms with Gasteiger partial charge in [-0.05, 0) is 24.7 Å². The van der Waals surface area contributed by atoms with Crippen molar-refractivity contribution in [3.05, 3.63) is 64.7 Å². The predicted molar refractivity (Wildman–Crippen MR) is 99.7 cm³/mol. The van der Waals surface area contributed by atoms with Crippen molar-refractivity contribution < 1.29 is 9.53 Å². The van der Waals surface area contributed by atoms with Crippen molar-refractivity contribution in [2.24, 2.45) is 0 Å². The minimum atomic E-state index is -0.0868. The Hall–Kier alpha value is -2.59. The molecule has 0 atom stereocenters. The van der Waals surface area contributed by atoms with E-state index >= 15 is 0 Å². The summed E-state index contributed by atoms with van der Waals surface area (Å²) in [7, 11) is 0. The SMILES string of the molecule is CCN(CC)Cc1ccc2c(c1)COC2=C1C(=O)Nc2ccccc21. The van der Waals surface area contributed by atoms with E-state index < -0.39 is 0 Å². The second-order valence-electron chi connectivity index (χ2n) is 6.45. The number of ether oxygens (including phenoxy) is 1. The molecule has 0 bridgehead atoms. The molecule has 4 heteroatoms. The molecule has 0 aliphatic carbocycles. The molecule has 1 N–H and O–H groups in total. The maximum absolute atomic E-state index is 12.5. The van der Waals surface area contributed by atoms with Crippen molar-refractivity contribution in [1.82, 2.24) is 4.90 Å². The van der Waals surface area contributed by atoms with Gasteiger partial charge in [0, 0.05) is 28.9 Å². The molecular weight excluding hydrogens is 312 g/mol. The first-order valence-corrected chi connectivity index (χ1v) is 8.83. The number of amides is 1. The Kier molecular flexibility index (Phi) is 4.06. The summed E-state index contributed by atoms with van der Waals surface area (Å²) in [6.45, 7) is 7.90. The highest BCUT2D eigenvalue weighted by Gasteiger charge is 2.32. The average molecular weight is 334 g/mol. The molecule has 0 saturated heterocycles.